The van der Waals surface area contributed by atoms with E-state index in [1.54, 1.807) is 24.1 Å². The highest BCUT2D eigenvalue weighted by atomic mass is 19.3. The summed E-state index contributed by atoms with van der Waals surface area (Å²) in [5.41, 5.74) is 0.183. The molecule has 1 fully saturated rings. The highest BCUT2D eigenvalue weighted by Crippen LogP contribution is 2.50. The lowest BCUT2D eigenvalue weighted by Gasteiger charge is -2.47. The zero-order chi connectivity index (χ0) is 32.4. The van der Waals surface area contributed by atoms with Crippen LogP contribution in [0.25, 0.3) is 22.0 Å². The number of piperidine rings is 1. The van der Waals surface area contributed by atoms with Crippen molar-refractivity contribution in [2.75, 3.05) is 33.8 Å². The summed E-state index contributed by atoms with van der Waals surface area (Å²) < 4.78 is 51.0. The molecule has 1 amide bonds. The molecule has 1 aliphatic heterocycles. The number of aromatic nitrogens is 1. The smallest absolute Gasteiger partial charge is 0.326 e. The van der Waals surface area contributed by atoms with Crippen LogP contribution in [-0.2, 0) is 16.0 Å². The molecule has 44 heavy (non-hydrogen) atoms. The van der Waals surface area contributed by atoms with Crippen molar-refractivity contribution in [3.63, 3.8) is 0 Å². The molecule has 1 unspecified atom stereocenters. The van der Waals surface area contributed by atoms with Crippen LogP contribution in [0.15, 0.2) is 60.7 Å². The largest absolute Gasteiger partial charge is 0.494 e. The molecule has 1 saturated heterocycles. The van der Waals surface area contributed by atoms with Crippen LogP contribution in [-0.4, -0.2) is 83.7 Å². The number of likely N-dealkylation sites (tertiary alicyclic amines) is 1. The fourth-order valence-electron chi connectivity index (χ4n) is 6.28. The van der Waals surface area contributed by atoms with Crippen molar-refractivity contribution in [3.8, 4) is 17.0 Å². The van der Waals surface area contributed by atoms with E-state index in [0.717, 1.165) is 26.9 Å². The molecule has 0 bridgehead atoms. The van der Waals surface area contributed by atoms with Crippen LogP contribution in [0.4, 0.5) is 13.2 Å². The molecule has 0 aliphatic carbocycles. The number of pyridine rings is 1. The van der Waals surface area contributed by atoms with E-state index in [0.29, 0.717) is 17.0 Å². The minimum Gasteiger partial charge on any atom is -0.494 e. The van der Waals surface area contributed by atoms with Crippen LogP contribution >= 0.6 is 0 Å². The highest BCUT2D eigenvalue weighted by molar-refractivity contribution is 5.99. The number of likely N-dealkylation sites (N-methyl/N-ethyl adjacent to an activating group) is 1. The summed E-state index contributed by atoms with van der Waals surface area (Å²) in [7, 11) is 2.83. The Morgan fingerprint density at radius 2 is 1.77 bits per heavy atom. The minimum absolute atomic E-state index is 0.0729. The molecule has 2 aromatic carbocycles. The number of rotatable bonds is 11. The molecule has 2 heterocycles. The van der Waals surface area contributed by atoms with Crippen molar-refractivity contribution in [1.82, 2.24) is 14.8 Å². The normalized spacial score (nSPS) is 16.7. The highest BCUT2D eigenvalue weighted by Gasteiger charge is 2.61. The predicted octanol–water partition coefficient (Wildman–Crippen LogP) is 6.32. The van der Waals surface area contributed by atoms with Gasteiger partial charge < -0.3 is 19.6 Å². The lowest BCUT2D eigenvalue weighted by atomic mass is 9.69. The van der Waals surface area contributed by atoms with E-state index in [1.165, 1.54) is 20.9 Å². The maximum Gasteiger partial charge on any atom is 0.326 e. The first-order valence-electron chi connectivity index (χ1n) is 14.7. The average molecular weight is 612 g/mol. The van der Waals surface area contributed by atoms with Gasteiger partial charge in [0, 0.05) is 31.3 Å². The van der Waals surface area contributed by atoms with Gasteiger partial charge in [-0.3, -0.25) is 4.79 Å². The third kappa shape index (κ3) is 6.18. The lowest BCUT2D eigenvalue weighted by molar-refractivity contribution is -0.177. The number of amides is 1. The zero-order valence-electron chi connectivity index (χ0n) is 25.9. The minimum atomic E-state index is -3.59. The average Bonchev–Trinajstić information content (AvgIpc) is 2.98. The number of methoxy groups -OCH3 is 1. The number of aryl methyl sites for hydroxylation is 1. The summed E-state index contributed by atoms with van der Waals surface area (Å²) in [6, 6.07) is 13.3. The maximum absolute atomic E-state index is 15.9. The fraction of sp³-hybridized carbons (Fsp3) is 0.441. The number of carbonyl (C=O) groups is 2. The number of alkyl halides is 3. The summed E-state index contributed by atoms with van der Waals surface area (Å²) in [5.74, 6) is -5.28. The first-order chi connectivity index (χ1) is 20.7. The monoisotopic (exact) mass is 611 g/mol. The van der Waals surface area contributed by atoms with Gasteiger partial charge in [-0.05, 0) is 80.7 Å². The predicted molar refractivity (Wildman–Crippen MR) is 165 cm³/mol. The van der Waals surface area contributed by atoms with Gasteiger partial charge >= 0.3 is 5.97 Å². The van der Waals surface area contributed by atoms with Gasteiger partial charge in [0.25, 0.3) is 5.92 Å². The van der Waals surface area contributed by atoms with E-state index >= 15 is 8.78 Å². The van der Waals surface area contributed by atoms with Crippen molar-refractivity contribution < 1.29 is 32.6 Å². The van der Waals surface area contributed by atoms with Gasteiger partial charge in [0.2, 0.25) is 5.91 Å². The number of benzene rings is 2. The summed E-state index contributed by atoms with van der Waals surface area (Å²) >= 11 is 0. The molecule has 3 aromatic rings. The van der Waals surface area contributed by atoms with E-state index in [9.17, 15) is 19.1 Å². The Kier molecular flexibility index (Phi) is 9.73. The molecule has 0 saturated carbocycles. The Bertz CT molecular complexity index is 1550. The second-order valence-corrected chi connectivity index (χ2v) is 11.8. The molecular weight excluding hydrogens is 571 g/mol. The zero-order valence-corrected chi connectivity index (χ0v) is 25.9. The fourth-order valence-corrected chi connectivity index (χ4v) is 6.28. The number of carbonyl (C=O) groups excluding carboxylic acids is 1. The molecule has 7 nitrogen and oxygen atoms in total. The third-order valence-corrected chi connectivity index (χ3v) is 8.74. The summed E-state index contributed by atoms with van der Waals surface area (Å²) in [6.07, 6.45) is -1.77. The summed E-state index contributed by atoms with van der Waals surface area (Å²) in [4.78, 5) is 34.1. The molecule has 1 aromatic heterocycles. The quantitative estimate of drug-likeness (QED) is 0.256. The molecule has 1 N–H and O–H groups in total. The first kappa shape index (κ1) is 33.0. The molecule has 0 radical (unpaired) electrons. The molecule has 2 atom stereocenters. The maximum atomic E-state index is 15.9. The Hall–Kier alpha value is -3.92. The number of allylic oxidation sites excluding steroid dienone is 1. The SMILES string of the molecule is C=C(C)C(F)(F)C1(C(=O)N(C)[C@@H](Cc2cccc3c(-c4nc(C)ccc4OC)cccc23)C(=O)O)CCN(CC(C)F)CC1. The van der Waals surface area contributed by atoms with Crippen molar-refractivity contribution in [3.05, 3.63) is 71.9 Å². The number of hydrogen-bond acceptors (Lipinski definition) is 5. The van der Waals surface area contributed by atoms with Crippen LogP contribution in [0.1, 0.15) is 37.9 Å². The van der Waals surface area contributed by atoms with Crippen LogP contribution < -0.4 is 4.74 Å². The number of ether oxygens (including phenoxy) is 1. The third-order valence-electron chi connectivity index (χ3n) is 8.74. The number of fused-ring (bicyclic) bond motifs is 1. The van der Waals surface area contributed by atoms with Crippen LogP contribution in [0.5, 0.6) is 5.75 Å². The van der Waals surface area contributed by atoms with Gasteiger partial charge in [0.15, 0.2) is 0 Å². The van der Waals surface area contributed by atoms with Crippen LogP contribution in [0.3, 0.4) is 0 Å². The molecule has 10 heteroatoms. The molecule has 1 aliphatic rings. The van der Waals surface area contributed by atoms with Gasteiger partial charge in [0.1, 0.15) is 29.1 Å². The van der Waals surface area contributed by atoms with Crippen molar-refractivity contribution in [2.45, 2.75) is 58.2 Å². The Morgan fingerprint density at radius 1 is 1.14 bits per heavy atom. The van der Waals surface area contributed by atoms with E-state index in [2.05, 4.69) is 11.6 Å². The van der Waals surface area contributed by atoms with Gasteiger partial charge in [-0.15, -0.1) is 0 Å². The molecule has 0 spiro atoms. The van der Waals surface area contributed by atoms with E-state index in [4.69, 9.17) is 4.74 Å². The van der Waals surface area contributed by atoms with Gasteiger partial charge in [0.05, 0.1) is 7.11 Å². The standard InChI is InChI=1S/C34H40F3N3O4/c1-21(2)34(36,37)33(15-17-40(18-16-33)20-22(3)35)32(43)39(5)28(31(41)42)19-24-9-7-11-26-25(24)10-8-12-27(26)30-29(44-6)14-13-23(4)38-30/h7-14,22,28H,1,15-20H2,2-6H3,(H,41,42)/t22?,28-/m0/s1. The number of carboxylic acids is 1. The van der Waals surface area contributed by atoms with E-state index in [-0.39, 0.29) is 38.9 Å². The Morgan fingerprint density at radius 3 is 2.36 bits per heavy atom. The molecular formula is C34H40F3N3O4. The number of carboxylic acid groups (broad SMARTS) is 1. The second kappa shape index (κ2) is 13.0. The first-order valence-corrected chi connectivity index (χ1v) is 14.7. The van der Waals surface area contributed by atoms with Crippen molar-refractivity contribution >= 4 is 22.6 Å². The summed E-state index contributed by atoms with van der Waals surface area (Å²) in [6.45, 7) is 8.14. The van der Waals surface area contributed by atoms with Crippen molar-refractivity contribution in [2.24, 2.45) is 5.41 Å². The van der Waals surface area contributed by atoms with Crippen LogP contribution in [0, 0.1) is 12.3 Å². The van der Waals surface area contributed by atoms with Gasteiger partial charge in [-0.2, -0.15) is 0 Å². The van der Waals surface area contributed by atoms with Gasteiger partial charge in [-0.25, -0.2) is 22.9 Å². The summed E-state index contributed by atoms with van der Waals surface area (Å²) in [5, 5.41) is 11.9. The number of hydrogen-bond donors (Lipinski definition) is 1. The van der Waals surface area contributed by atoms with E-state index < -0.39 is 41.0 Å². The van der Waals surface area contributed by atoms with E-state index in [1.807, 2.05) is 43.3 Å². The van der Waals surface area contributed by atoms with Crippen LogP contribution in [0.2, 0.25) is 0 Å². The molecule has 4 rings (SSSR count). The Labute approximate surface area is 256 Å². The molecule has 236 valence electrons. The Balaban J connectivity index is 1.72. The number of halogens is 3. The van der Waals surface area contributed by atoms with Gasteiger partial charge in [-0.1, -0.05) is 43.0 Å². The number of aliphatic carboxylic acids is 1. The number of nitrogens with zero attached hydrogens (tertiary/aromatic N) is 3. The lowest BCUT2D eigenvalue weighted by Crippen LogP contribution is -2.61. The van der Waals surface area contributed by atoms with Crippen molar-refractivity contribution in [1.29, 1.82) is 0 Å². The topological polar surface area (TPSA) is 83.0 Å². The second-order valence-electron chi connectivity index (χ2n) is 11.8.